The molecule has 0 saturated heterocycles. The van der Waals surface area contributed by atoms with Crippen LogP contribution in [0.5, 0.6) is 0 Å². The minimum Gasteiger partial charge on any atom is -0.361 e. The van der Waals surface area contributed by atoms with Crippen LogP contribution in [0.25, 0.3) is 10.9 Å². The van der Waals surface area contributed by atoms with Crippen LogP contribution >= 0.6 is 11.6 Å². The quantitative estimate of drug-likeness (QED) is 0.547. The van der Waals surface area contributed by atoms with Gasteiger partial charge in [0.05, 0.1) is 4.90 Å². The molecule has 2 aromatic heterocycles. The highest BCUT2D eigenvalue weighted by atomic mass is 35.5. The number of H-pyrrole nitrogens is 1. The molecule has 27 heavy (non-hydrogen) atoms. The lowest BCUT2D eigenvalue weighted by Crippen LogP contribution is -2.17. The molecule has 0 atom stereocenters. The van der Waals surface area contributed by atoms with E-state index in [4.69, 9.17) is 11.6 Å². The van der Waals surface area contributed by atoms with Crippen LogP contribution < -0.4 is 5.32 Å². The third-order valence-electron chi connectivity index (χ3n) is 3.97. The number of rotatable bonds is 4. The molecular weight excluding hydrogens is 388 g/mol. The van der Waals surface area contributed by atoms with Crippen molar-refractivity contribution in [1.82, 2.24) is 14.2 Å². The van der Waals surface area contributed by atoms with E-state index < -0.39 is 15.9 Å². The highest BCUT2D eigenvalue weighted by Gasteiger charge is 2.20. The Morgan fingerprint density at radius 2 is 1.85 bits per heavy atom. The Morgan fingerprint density at radius 3 is 2.63 bits per heavy atom. The van der Waals surface area contributed by atoms with Crippen LogP contribution in [0.4, 0.5) is 5.69 Å². The summed E-state index contributed by atoms with van der Waals surface area (Å²) in [4.78, 5) is 15.4. The number of halogens is 1. The molecule has 9 heteroatoms. The molecule has 0 saturated carbocycles. The predicted octanol–water partition coefficient (Wildman–Crippen LogP) is 3.51. The van der Waals surface area contributed by atoms with Gasteiger partial charge >= 0.3 is 0 Å². The van der Waals surface area contributed by atoms with Gasteiger partial charge in [0.15, 0.2) is 5.69 Å². The molecule has 0 aliphatic carbocycles. The molecule has 2 N–H and O–H groups in total. The first-order valence-electron chi connectivity index (χ1n) is 7.89. The summed E-state index contributed by atoms with van der Waals surface area (Å²) in [5.74, 6) is -0.521. The predicted molar refractivity (Wildman–Crippen MR) is 103 cm³/mol. The van der Waals surface area contributed by atoms with Gasteiger partial charge in [-0.15, -0.1) is 0 Å². The van der Waals surface area contributed by atoms with Gasteiger partial charge in [-0.25, -0.2) is 0 Å². The van der Waals surface area contributed by atoms with Gasteiger partial charge in [0.1, 0.15) is 0 Å². The molecular formula is C18H13ClN4O3S. The van der Waals surface area contributed by atoms with Gasteiger partial charge in [-0.05, 0) is 54.6 Å². The van der Waals surface area contributed by atoms with E-state index in [1.54, 1.807) is 48.7 Å². The van der Waals surface area contributed by atoms with E-state index in [0.717, 1.165) is 15.0 Å². The molecule has 0 aliphatic heterocycles. The summed E-state index contributed by atoms with van der Waals surface area (Å²) in [5.41, 5.74) is 1.34. The Bertz CT molecular complexity index is 1240. The number of aromatic amines is 1. The molecule has 2 heterocycles. The summed E-state index contributed by atoms with van der Waals surface area (Å²) >= 11 is 5.81. The second kappa shape index (κ2) is 6.57. The van der Waals surface area contributed by atoms with Gasteiger partial charge < -0.3 is 10.3 Å². The van der Waals surface area contributed by atoms with Crippen molar-refractivity contribution in [2.75, 3.05) is 5.32 Å². The van der Waals surface area contributed by atoms with Gasteiger partial charge in [0.2, 0.25) is 0 Å². The maximum atomic E-state index is 12.8. The number of anilines is 1. The van der Waals surface area contributed by atoms with Gasteiger partial charge in [-0.3, -0.25) is 4.79 Å². The van der Waals surface area contributed by atoms with E-state index in [2.05, 4.69) is 15.4 Å². The van der Waals surface area contributed by atoms with Crippen LogP contribution in [0, 0.1) is 0 Å². The zero-order valence-electron chi connectivity index (χ0n) is 13.8. The van der Waals surface area contributed by atoms with Gasteiger partial charge in [0, 0.05) is 34.0 Å². The molecule has 1 amide bonds. The number of fused-ring (bicyclic) bond motifs is 1. The van der Waals surface area contributed by atoms with E-state index in [0.29, 0.717) is 10.7 Å². The number of hydrogen-bond donors (Lipinski definition) is 2. The van der Waals surface area contributed by atoms with Crippen molar-refractivity contribution >= 4 is 44.1 Å². The smallest absolute Gasteiger partial charge is 0.282 e. The molecule has 0 unspecified atom stereocenters. The molecule has 0 aliphatic rings. The maximum Gasteiger partial charge on any atom is 0.282 e. The summed E-state index contributed by atoms with van der Waals surface area (Å²) in [6.45, 7) is 0. The number of carbonyl (C=O) groups excluding carboxylic acids is 1. The van der Waals surface area contributed by atoms with Crippen molar-refractivity contribution in [2.24, 2.45) is 0 Å². The van der Waals surface area contributed by atoms with Crippen LogP contribution in [0.1, 0.15) is 10.5 Å². The third-order valence-corrected chi connectivity index (χ3v) is 5.77. The normalized spacial score (nSPS) is 11.6. The van der Waals surface area contributed by atoms with Gasteiger partial charge in [-0.2, -0.15) is 17.6 Å². The van der Waals surface area contributed by atoms with E-state index in [9.17, 15) is 13.2 Å². The maximum absolute atomic E-state index is 12.8. The highest BCUT2D eigenvalue weighted by molar-refractivity contribution is 7.89. The lowest BCUT2D eigenvalue weighted by molar-refractivity contribution is 0.102. The van der Waals surface area contributed by atoms with Crippen LogP contribution in [0.15, 0.2) is 71.9 Å². The second-order valence-electron chi connectivity index (χ2n) is 5.77. The summed E-state index contributed by atoms with van der Waals surface area (Å²) in [6.07, 6.45) is 2.97. The first kappa shape index (κ1) is 17.3. The fourth-order valence-corrected chi connectivity index (χ4v) is 3.86. The lowest BCUT2D eigenvalue weighted by Gasteiger charge is -2.05. The molecule has 0 fully saturated rings. The van der Waals surface area contributed by atoms with Crippen LogP contribution in [-0.4, -0.2) is 28.5 Å². The molecule has 0 bridgehead atoms. The van der Waals surface area contributed by atoms with Crippen LogP contribution in [-0.2, 0) is 10.0 Å². The van der Waals surface area contributed by atoms with Crippen LogP contribution in [0.2, 0.25) is 5.02 Å². The number of hydrogen-bond acceptors (Lipinski definition) is 4. The molecule has 0 radical (unpaired) electrons. The summed E-state index contributed by atoms with van der Waals surface area (Å²) in [7, 11) is -3.91. The largest absolute Gasteiger partial charge is 0.361 e. The highest BCUT2D eigenvalue weighted by Crippen LogP contribution is 2.20. The van der Waals surface area contributed by atoms with Crippen molar-refractivity contribution in [3.8, 4) is 0 Å². The van der Waals surface area contributed by atoms with E-state index in [-0.39, 0.29) is 10.6 Å². The van der Waals surface area contributed by atoms with Crippen molar-refractivity contribution in [3.63, 3.8) is 0 Å². The summed E-state index contributed by atoms with van der Waals surface area (Å²) in [5, 5.41) is 7.87. The standard InChI is InChI=1S/C18H13ClN4O3S/c19-13-1-3-14(4-2-13)21-18(24)17-8-10-23(22-17)27(25,26)15-5-6-16-12(11-15)7-9-20-16/h1-11,20H,(H,21,24). The Kier molecular flexibility index (Phi) is 4.21. The molecule has 4 aromatic rings. The van der Waals surface area contributed by atoms with Crippen molar-refractivity contribution < 1.29 is 13.2 Å². The fourth-order valence-electron chi connectivity index (χ4n) is 2.59. The van der Waals surface area contributed by atoms with E-state index >= 15 is 0 Å². The number of amides is 1. The molecule has 2 aromatic carbocycles. The molecule has 4 rings (SSSR count). The Balaban J connectivity index is 1.60. The third kappa shape index (κ3) is 3.32. The number of nitrogens with one attached hydrogen (secondary N) is 2. The van der Waals surface area contributed by atoms with Gasteiger partial charge in [-0.1, -0.05) is 11.6 Å². The first-order chi connectivity index (χ1) is 12.9. The second-order valence-corrected chi connectivity index (χ2v) is 8.00. The zero-order valence-corrected chi connectivity index (χ0v) is 15.3. The SMILES string of the molecule is O=C(Nc1ccc(Cl)cc1)c1ccn(S(=O)(=O)c2ccc3[nH]ccc3c2)n1. The van der Waals surface area contributed by atoms with Gasteiger partial charge in [0.25, 0.3) is 15.9 Å². The molecule has 0 spiro atoms. The average Bonchev–Trinajstić information content (AvgIpc) is 3.32. The average molecular weight is 401 g/mol. The fraction of sp³-hybridized carbons (Fsp3) is 0. The lowest BCUT2D eigenvalue weighted by atomic mass is 10.2. The minimum atomic E-state index is -3.91. The Labute approximate surface area is 159 Å². The van der Waals surface area contributed by atoms with Crippen molar-refractivity contribution in [3.05, 3.63) is 77.7 Å². The number of nitrogens with zero attached hydrogens (tertiary/aromatic N) is 2. The zero-order chi connectivity index (χ0) is 19.0. The number of carbonyl (C=O) groups is 1. The number of benzene rings is 2. The summed E-state index contributed by atoms with van der Waals surface area (Å²) < 4.78 is 26.3. The van der Waals surface area contributed by atoms with Crippen LogP contribution in [0.3, 0.4) is 0 Å². The minimum absolute atomic E-state index is 0.0174. The Morgan fingerprint density at radius 1 is 1.07 bits per heavy atom. The summed E-state index contributed by atoms with van der Waals surface area (Å²) in [6, 6.07) is 14.4. The Hall–Kier alpha value is -3.10. The molecule has 7 nitrogen and oxygen atoms in total. The monoisotopic (exact) mass is 400 g/mol. The van der Waals surface area contributed by atoms with E-state index in [1.165, 1.54) is 18.3 Å². The van der Waals surface area contributed by atoms with Crippen molar-refractivity contribution in [1.29, 1.82) is 0 Å². The van der Waals surface area contributed by atoms with E-state index in [1.807, 2.05) is 0 Å². The van der Waals surface area contributed by atoms with Crippen molar-refractivity contribution in [2.45, 2.75) is 4.90 Å². The topological polar surface area (TPSA) is 96.9 Å². The molecule has 136 valence electrons. The first-order valence-corrected chi connectivity index (χ1v) is 9.71. The number of aromatic nitrogens is 3.